The average molecular weight is 666 g/mol. The Morgan fingerprint density at radius 1 is 1.11 bits per heavy atom. The Bertz CT molecular complexity index is 1360. The summed E-state index contributed by atoms with van der Waals surface area (Å²) in [6, 6.07) is 9.78. The molecular weight excluding hydrogens is 619 g/mol. The third-order valence-corrected chi connectivity index (χ3v) is 8.35. The van der Waals surface area contributed by atoms with Gasteiger partial charge in [-0.05, 0) is 76.1 Å². The largest absolute Gasteiger partial charge is 0.490 e. The topological polar surface area (TPSA) is 110 Å². The first-order valence-corrected chi connectivity index (χ1v) is 16.1. The zero-order valence-corrected chi connectivity index (χ0v) is 27.5. The van der Waals surface area contributed by atoms with Crippen LogP contribution in [0.2, 0.25) is 0 Å². The molecule has 4 rings (SSSR count). The fourth-order valence-corrected chi connectivity index (χ4v) is 5.66. The van der Waals surface area contributed by atoms with Gasteiger partial charge in [0.15, 0.2) is 11.5 Å². The summed E-state index contributed by atoms with van der Waals surface area (Å²) >= 11 is 0. The molecule has 2 aliphatic rings. The van der Waals surface area contributed by atoms with Crippen molar-refractivity contribution in [3.63, 3.8) is 0 Å². The van der Waals surface area contributed by atoms with Crippen molar-refractivity contribution >= 4 is 17.5 Å². The normalized spacial score (nSPS) is 21.5. The summed E-state index contributed by atoms with van der Waals surface area (Å²) in [6.45, 7) is 7.56. The zero-order chi connectivity index (χ0) is 34.1. The van der Waals surface area contributed by atoms with Crippen molar-refractivity contribution in [3.8, 4) is 17.2 Å². The van der Waals surface area contributed by atoms with Gasteiger partial charge in [-0.15, -0.1) is 0 Å². The van der Waals surface area contributed by atoms with Crippen molar-refractivity contribution in [2.24, 2.45) is 5.92 Å². The van der Waals surface area contributed by atoms with E-state index in [1.165, 1.54) is 12.1 Å². The van der Waals surface area contributed by atoms with Crippen molar-refractivity contribution in [2.75, 3.05) is 45.5 Å². The van der Waals surface area contributed by atoms with Gasteiger partial charge in [0.1, 0.15) is 5.75 Å². The van der Waals surface area contributed by atoms with Crippen LogP contribution in [0, 0.1) is 5.92 Å². The second kappa shape index (κ2) is 16.5. The maximum Gasteiger partial charge on any atom is 0.389 e. The van der Waals surface area contributed by atoms with Gasteiger partial charge in [-0.3, -0.25) is 14.5 Å². The molecule has 10 nitrogen and oxygen atoms in total. The van der Waals surface area contributed by atoms with Crippen molar-refractivity contribution in [2.45, 2.75) is 83.8 Å². The number of rotatable bonds is 9. The Hall–Kier alpha value is -3.55. The number of carbonyl (C=O) groups is 2. The predicted molar refractivity (Wildman–Crippen MR) is 170 cm³/mol. The van der Waals surface area contributed by atoms with E-state index in [0.29, 0.717) is 37.6 Å². The van der Waals surface area contributed by atoms with Gasteiger partial charge >= 0.3 is 6.18 Å². The highest BCUT2D eigenvalue weighted by atomic mass is 19.4. The van der Waals surface area contributed by atoms with Crippen LogP contribution in [-0.2, 0) is 16.1 Å². The van der Waals surface area contributed by atoms with Crippen LogP contribution in [0.1, 0.15) is 68.8 Å². The van der Waals surface area contributed by atoms with E-state index in [-0.39, 0.29) is 49.3 Å². The lowest BCUT2D eigenvalue weighted by molar-refractivity contribution is -0.142. The number of carbonyl (C=O) groups excluding carboxylic acids is 2. The summed E-state index contributed by atoms with van der Waals surface area (Å²) in [5.74, 6) is 0.337. The molecule has 2 aromatic rings. The van der Waals surface area contributed by atoms with Crippen LogP contribution < -0.4 is 19.5 Å². The van der Waals surface area contributed by atoms with E-state index in [1.807, 2.05) is 39.1 Å². The first-order chi connectivity index (χ1) is 22.3. The van der Waals surface area contributed by atoms with Crippen LogP contribution in [0.4, 0.5) is 18.9 Å². The third kappa shape index (κ3) is 10.7. The highest BCUT2D eigenvalue weighted by Crippen LogP contribution is 2.33. The standard InChI is InChI=1S/C34H46F3N3O7/c1-22-17-40(23(2)20-41)33(43)27-16-26(38-32(42)12-13-34(35,36)37)9-11-28(27)47-24(3)7-5-6-14-44-31(22)19-39(4)18-25-8-10-29-30(15-25)46-21-45-29/h8-11,15-16,22-24,31,41H,5-7,12-14,17-21H2,1-4H3,(H,38,42)/t22-,23+,24-,31+/m1/s1. The highest BCUT2D eigenvalue weighted by Gasteiger charge is 2.31. The monoisotopic (exact) mass is 665 g/mol. The van der Waals surface area contributed by atoms with Crippen molar-refractivity contribution in [1.29, 1.82) is 0 Å². The number of anilines is 1. The lowest BCUT2D eigenvalue weighted by Crippen LogP contribution is -2.47. The number of aliphatic hydroxyl groups excluding tert-OH is 1. The molecule has 47 heavy (non-hydrogen) atoms. The van der Waals surface area contributed by atoms with Crippen LogP contribution in [0.5, 0.6) is 17.2 Å². The van der Waals surface area contributed by atoms with Gasteiger partial charge in [0.2, 0.25) is 12.7 Å². The summed E-state index contributed by atoms with van der Waals surface area (Å²) in [5, 5.41) is 12.6. The molecule has 2 heterocycles. The summed E-state index contributed by atoms with van der Waals surface area (Å²) in [5.41, 5.74) is 1.38. The minimum atomic E-state index is -4.46. The van der Waals surface area contributed by atoms with E-state index in [4.69, 9.17) is 18.9 Å². The molecule has 0 bridgehead atoms. The van der Waals surface area contributed by atoms with Gasteiger partial charge in [-0.1, -0.05) is 13.0 Å². The average Bonchev–Trinajstić information content (AvgIpc) is 3.49. The van der Waals surface area contributed by atoms with E-state index in [1.54, 1.807) is 17.9 Å². The lowest BCUT2D eigenvalue weighted by Gasteiger charge is -2.36. The van der Waals surface area contributed by atoms with Crippen molar-refractivity contribution < 1.29 is 46.8 Å². The molecular formula is C34H46F3N3O7. The molecule has 0 unspecified atom stereocenters. The number of fused-ring (bicyclic) bond motifs is 2. The van der Waals surface area contributed by atoms with Crippen LogP contribution in [-0.4, -0.2) is 91.3 Å². The van der Waals surface area contributed by atoms with Gasteiger partial charge in [0, 0.05) is 44.3 Å². The van der Waals surface area contributed by atoms with E-state index in [0.717, 1.165) is 24.2 Å². The quantitative estimate of drug-likeness (QED) is 0.355. The summed E-state index contributed by atoms with van der Waals surface area (Å²) in [4.78, 5) is 30.2. The minimum absolute atomic E-state index is 0.146. The Kier molecular flexibility index (Phi) is 12.8. The Morgan fingerprint density at radius 2 is 1.85 bits per heavy atom. The first-order valence-electron chi connectivity index (χ1n) is 16.1. The molecule has 0 radical (unpaired) electrons. The van der Waals surface area contributed by atoms with E-state index < -0.39 is 36.9 Å². The molecule has 0 aromatic heterocycles. The Labute approximate surface area is 274 Å². The van der Waals surface area contributed by atoms with E-state index >= 15 is 0 Å². The van der Waals surface area contributed by atoms with Crippen LogP contribution >= 0.6 is 0 Å². The minimum Gasteiger partial charge on any atom is -0.490 e. The lowest BCUT2D eigenvalue weighted by atomic mass is 10.0. The SMILES string of the molecule is C[C@@H]1CCCCO[C@@H](CN(C)Cc2ccc3c(c2)OCO3)[C@H](C)CN([C@@H](C)CO)C(=O)c2cc(NC(=O)CCC(F)(F)F)ccc2O1. The molecule has 0 fully saturated rings. The number of benzene rings is 2. The molecule has 2 amide bonds. The molecule has 0 saturated carbocycles. The number of aliphatic hydroxyl groups is 1. The Balaban J connectivity index is 1.56. The van der Waals surface area contributed by atoms with Crippen LogP contribution in [0.3, 0.4) is 0 Å². The number of likely N-dealkylation sites (N-methyl/N-ethyl adjacent to an activating group) is 1. The van der Waals surface area contributed by atoms with Crippen LogP contribution in [0.25, 0.3) is 0 Å². The molecule has 4 atom stereocenters. The van der Waals surface area contributed by atoms with E-state index in [9.17, 15) is 27.9 Å². The maximum absolute atomic E-state index is 14.2. The third-order valence-electron chi connectivity index (χ3n) is 8.35. The second-order valence-electron chi connectivity index (χ2n) is 12.6. The highest BCUT2D eigenvalue weighted by molar-refractivity contribution is 5.99. The molecule has 2 aromatic carbocycles. The maximum atomic E-state index is 14.2. The second-order valence-corrected chi connectivity index (χ2v) is 12.6. The summed E-state index contributed by atoms with van der Waals surface area (Å²) < 4.78 is 61.6. The van der Waals surface area contributed by atoms with Gasteiger partial charge in [-0.25, -0.2) is 0 Å². The molecule has 0 aliphatic carbocycles. The smallest absolute Gasteiger partial charge is 0.389 e. The molecule has 13 heteroatoms. The number of nitrogens with zero attached hydrogens (tertiary/aromatic N) is 2. The molecule has 260 valence electrons. The number of halogens is 3. The molecule has 0 saturated heterocycles. The fourth-order valence-electron chi connectivity index (χ4n) is 5.66. The number of nitrogens with one attached hydrogen (secondary N) is 1. The number of hydrogen-bond acceptors (Lipinski definition) is 8. The first kappa shape index (κ1) is 36.3. The number of amides is 2. The van der Waals surface area contributed by atoms with Gasteiger partial charge in [-0.2, -0.15) is 13.2 Å². The van der Waals surface area contributed by atoms with Crippen molar-refractivity contribution in [3.05, 3.63) is 47.5 Å². The number of hydrogen-bond donors (Lipinski definition) is 2. The summed E-state index contributed by atoms with van der Waals surface area (Å²) in [6.07, 6.45) is -4.60. The zero-order valence-electron chi connectivity index (χ0n) is 27.5. The molecule has 2 aliphatic heterocycles. The van der Waals surface area contributed by atoms with Gasteiger partial charge < -0.3 is 34.3 Å². The molecule has 0 spiro atoms. The van der Waals surface area contributed by atoms with Crippen LogP contribution in [0.15, 0.2) is 36.4 Å². The predicted octanol–water partition coefficient (Wildman–Crippen LogP) is 5.62. The molecule has 2 N–H and O–H groups in total. The fraction of sp³-hybridized carbons (Fsp3) is 0.588. The number of ether oxygens (including phenoxy) is 4. The van der Waals surface area contributed by atoms with Crippen molar-refractivity contribution in [1.82, 2.24) is 9.80 Å². The number of alkyl halides is 3. The Morgan fingerprint density at radius 3 is 2.60 bits per heavy atom. The van der Waals surface area contributed by atoms with Gasteiger partial charge in [0.05, 0.1) is 36.8 Å². The summed E-state index contributed by atoms with van der Waals surface area (Å²) in [7, 11) is 2.01. The van der Waals surface area contributed by atoms with E-state index in [2.05, 4.69) is 10.2 Å². The van der Waals surface area contributed by atoms with Gasteiger partial charge in [0.25, 0.3) is 5.91 Å².